The summed E-state index contributed by atoms with van der Waals surface area (Å²) in [6, 6.07) is 11.3. The van der Waals surface area contributed by atoms with Gasteiger partial charge in [0.15, 0.2) is 0 Å². The molecule has 9 nitrogen and oxygen atoms in total. The molecule has 0 saturated carbocycles. The highest BCUT2D eigenvalue weighted by molar-refractivity contribution is 5.97. The zero-order valence-electron chi connectivity index (χ0n) is 15.0. The van der Waals surface area contributed by atoms with E-state index in [1.54, 1.807) is 13.2 Å². The summed E-state index contributed by atoms with van der Waals surface area (Å²) in [6.07, 6.45) is 0.520. The van der Waals surface area contributed by atoms with Crippen molar-refractivity contribution in [1.29, 1.82) is 5.41 Å². The monoisotopic (exact) mass is 364 g/mol. The maximum atomic E-state index is 7.57. The van der Waals surface area contributed by atoms with Gasteiger partial charge in [-0.2, -0.15) is 0 Å². The molecule has 4 aromatic rings. The van der Waals surface area contributed by atoms with Gasteiger partial charge in [-0.15, -0.1) is 0 Å². The molecule has 0 fully saturated rings. The van der Waals surface area contributed by atoms with Gasteiger partial charge in [0.2, 0.25) is 0 Å². The van der Waals surface area contributed by atoms with E-state index < -0.39 is 0 Å². The Labute approximate surface area is 155 Å². The Hall–Kier alpha value is -3.59. The fraction of sp³-hybridized carbons (Fsp3) is 0.167. The molecule has 0 aliphatic heterocycles. The highest BCUT2D eigenvalue weighted by atomic mass is 16.6. The number of aromatic amines is 1. The van der Waals surface area contributed by atoms with Crippen molar-refractivity contribution in [2.75, 3.05) is 25.1 Å². The van der Waals surface area contributed by atoms with Gasteiger partial charge in [0.1, 0.15) is 17.5 Å². The van der Waals surface area contributed by atoms with Crippen molar-refractivity contribution in [3.63, 3.8) is 0 Å². The molecule has 2 aromatic carbocycles. The van der Waals surface area contributed by atoms with Crippen molar-refractivity contribution in [3.8, 4) is 0 Å². The van der Waals surface area contributed by atoms with Gasteiger partial charge in [0, 0.05) is 12.6 Å². The average molecular weight is 364 g/mol. The number of rotatable bonds is 6. The Balaban J connectivity index is 1.71. The fourth-order valence-electron chi connectivity index (χ4n) is 3.14. The predicted octanol–water partition coefficient (Wildman–Crippen LogP) is 1.93. The normalized spacial score (nSPS) is 11.2. The first-order chi connectivity index (χ1) is 13.1. The van der Waals surface area contributed by atoms with Crippen LogP contribution in [0.1, 0.15) is 17.2 Å². The molecule has 27 heavy (non-hydrogen) atoms. The summed E-state index contributed by atoms with van der Waals surface area (Å²) in [7, 11) is 3.42. The van der Waals surface area contributed by atoms with E-state index in [2.05, 4.69) is 20.9 Å². The minimum Gasteiger partial charge on any atom is -0.384 e. The number of amidine groups is 1. The summed E-state index contributed by atoms with van der Waals surface area (Å²) in [5.74, 6) is 1.64. The number of nitrogens with two attached hydrogens (primary N) is 1. The zero-order valence-corrected chi connectivity index (χ0v) is 15.0. The van der Waals surface area contributed by atoms with Crippen LogP contribution in [0.4, 0.5) is 5.69 Å². The molecule has 0 saturated heterocycles. The van der Waals surface area contributed by atoms with E-state index in [0.29, 0.717) is 12.0 Å². The van der Waals surface area contributed by atoms with Crippen LogP contribution < -0.4 is 16.6 Å². The molecule has 0 aliphatic carbocycles. The Morgan fingerprint density at radius 1 is 1.22 bits per heavy atom. The third-order valence-electron chi connectivity index (χ3n) is 4.33. The first kappa shape index (κ1) is 16.9. The van der Waals surface area contributed by atoms with Crippen molar-refractivity contribution in [2.45, 2.75) is 6.42 Å². The molecule has 138 valence electrons. The van der Waals surface area contributed by atoms with Crippen LogP contribution in [0, 0.1) is 5.41 Å². The standard InChI is InChI=1S/C18H20N8O/c1-21-26-15-6-4-11(25-27-2)8-14(15)24-17(26)9-16-22-12-5-3-10(18(19)20)7-13(12)23-16/h3-8,21,25H,9H2,1-2H3,(H3,19,20)(H,22,23). The highest BCUT2D eigenvalue weighted by Gasteiger charge is 2.14. The summed E-state index contributed by atoms with van der Waals surface area (Å²) >= 11 is 0. The Morgan fingerprint density at radius 3 is 2.81 bits per heavy atom. The summed E-state index contributed by atoms with van der Waals surface area (Å²) in [5, 5.41) is 7.57. The van der Waals surface area contributed by atoms with Crippen LogP contribution in [0.3, 0.4) is 0 Å². The smallest absolute Gasteiger partial charge is 0.136 e. The van der Waals surface area contributed by atoms with Crippen molar-refractivity contribution in [1.82, 2.24) is 19.6 Å². The van der Waals surface area contributed by atoms with Gasteiger partial charge >= 0.3 is 0 Å². The molecule has 0 aliphatic rings. The van der Waals surface area contributed by atoms with Gasteiger partial charge in [0.25, 0.3) is 0 Å². The molecule has 2 heterocycles. The Bertz CT molecular complexity index is 1140. The van der Waals surface area contributed by atoms with Crippen LogP contribution in [0.25, 0.3) is 22.1 Å². The van der Waals surface area contributed by atoms with Gasteiger partial charge in [-0.1, -0.05) is 0 Å². The molecule has 4 rings (SSSR count). The van der Waals surface area contributed by atoms with Gasteiger partial charge in [0.05, 0.1) is 41.3 Å². The molecule has 0 bridgehead atoms. The van der Waals surface area contributed by atoms with E-state index >= 15 is 0 Å². The van der Waals surface area contributed by atoms with Crippen LogP contribution in [0.5, 0.6) is 0 Å². The molecule has 0 radical (unpaired) electrons. The van der Waals surface area contributed by atoms with E-state index in [1.165, 1.54) is 0 Å². The van der Waals surface area contributed by atoms with E-state index in [-0.39, 0.29) is 5.84 Å². The van der Waals surface area contributed by atoms with Gasteiger partial charge in [-0.25, -0.2) is 14.6 Å². The highest BCUT2D eigenvalue weighted by Crippen LogP contribution is 2.22. The maximum absolute atomic E-state index is 7.57. The van der Waals surface area contributed by atoms with Crippen LogP contribution in [0.2, 0.25) is 0 Å². The van der Waals surface area contributed by atoms with Crippen LogP contribution in [0.15, 0.2) is 36.4 Å². The van der Waals surface area contributed by atoms with Crippen molar-refractivity contribution >= 4 is 33.6 Å². The number of anilines is 1. The second-order valence-corrected chi connectivity index (χ2v) is 6.10. The summed E-state index contributed by atoms with van der Waals surface area (Å²) in [5.41, 5.74) is 16.5. The van der Waals surface area contributed by atoms with E-state index in [4.69, 9.17) is 21.0 Å². The lowest BCUT2D eigenvalue weighted by molar-refractivity contribution is 0.271. The molecular formula is C18H20N8O. The summed E-state index contributed by atoms with van der Waals surface area (Å²) in [6.45, 7) is 0. The molecule has 0 spiro atoms. The number of nitrogens with zero attached hydrogens (tertiary/aromatic N) is 3. The molecule has 9 heteroatoms. The molecule has 0 atom stereocenters. The van der Waals surface area contributed by atoms with Crippen molar-refractivity contribution < 1.29 is 4.84 Å². The van der Waals surface area contributed by atoms with Gasteiger partial charge in [-0.05, 0) is 36.4 Å². The number of nitrogens with one attached hydrogen (secondary N) is 4. The lowest BCUT2D eigenvalue weighted by Gasteiger charge is -2.07. The fourth-order valence-corrected chi connectivity index (χ4v) is 3.14. The third kappa shape index (κ3) is 3.04. The second kappa shape index (κ2) is 6.61. The van der Waals surface area contributed by atoms with Gasteiger partial charge in [-0.3, -0.25) is 15.7 Å². The van der Waals surface area contributed by atoms with E-state index in [1.807, 2.05) is 42.1 Å². The molecular weight excluding hydrogens is 344 g/mol. The van der Waals surface area contributed by atoms with E-state index in [0.717, 1.165) is 39.4 Å². The van der Waals surface area contributed by atoms with E-state index in [9.17, 15) is 0 Å². The number of fused-ring (bicyclic) bond motifs is 2. The lowest BCUT2D eigenvalue weighted by Crippen LogP contribution is -2.13. The number of hydrogen-bond donors (Lipinski definition) is 5. The minimum absolute atomic E-state index is 0.0329. The number of nitrogen functional groups attached to an aromatic ring is 1. The van der Waals surface area contributed by atoms with Crippen LogP contribution in [-0.4, -0.2) is 39.6 Å². The number of hydrogen-bond acceptors (Lipinski definition) is 6. The number of aromatic nitrogens is 4. The Kier molecular flexibility index (Phi) is 4.13. The second-order valence-electron chi connectivity index (χ2n) is 6.10. The predicted molar refractivity (Wildman–Crippen MR) is 106 cm³/mol. The average Bonchev–Trinajstić information content (AvgIpc) is 3.20. The molecule has 2 aromatic heterocycles. The SMILES string of the molecule is CNn1c(Cc2nc3ccc(C(=N)N)cc3[nH]2)nc2cc(NOC)ccc21. The zero-order chi connectivity index (χ0) is 19.0. The summed E-state index contributed by atoms with van der Waals surface area (Å²) in [4.78, 5) is 17.6. The quantitative estimate of drug-likeness (QED) is 0.202. The molecule has 0 unspecified atom stereocenters. The summed E-state index contributed by atoms with van der Waals surface area (Å²) < 4.78 is 1.93. The first-order valence-electron chi connectivity index (χ1n) is 8.40. The van der Waals surface area contributed by atoms with Crippen LogP contribution in [-0.2, 0) is 11.3 Å². The lowest BCUT2D eigenvalue weighted by atomic mass is 10.2. The Morgan fingerprint density at radius 2 is 2.07 bits per heavy atom. The van der Waals surface area contributed by atoms with Crippen LogP contribution >= 0.6 is 0 Å². The maximum Gasteiger partial charge on any atom is 0.136 e. The molecule has 0 amide bonds. The van der Waals surface area contributed by atoms with Gasteiger partial charge < -0.3 is 16.1 Å². The first-order valence-corrected chi connectivity index (χ1v) is 8.40. The minimum atomic E-state index is 0.0329. The van der Waals surface area contributed by atoms with Crippen molar-refractivity contribution in [3.05, 3.63) is 53.6 Å². The third-order valence-corrected chi connectivity index (χ3v) is 4.33. The topological polar surface area (TPSA) is 130 Å². The number of H-pyrrole nitrogens is 1. The number of imidazole rings is 2. The number of benzene rings is 2. The molecule has 6 N–H and O–H groups in total. The van der Waals surface area contributed by atoms with Crippen molar-refractivity contribution in [2.24, 2.45) is 5.73 Å². The largest absolute Gasteiger partial charge is 0.384 e.